The SMILES string of the molecule is Cc1c(Cl)nnc(NCc2ccc([N+](=O)[O-])cc2)c1C. The van der Waals surface area contributed by atoms with Crippen LogP contribution in [0.4, 0.5) is 11.5 Å². The molecule has 2 aromatic rings. The van der Waals surface area contributed by atoms with Crippen molar-refractivity contribution in [3.05, 3.63) is 56.2 Å². The van der Waals surface area contributed by atoms with Gasteiger partial charge in [0.25, 0.3) is 5.69 Å². The van der Waals surface area contributed by atoms with Gasteiger partial charge in [0.1, 0.15) is 0 Å². The van der Waals surface area contributed by atoms with Crippen molar-refractivity contribution >= 4 is 23.1 Å². The largest absolute Gasteiger partial charge is 0.364 e. The highest BCUT2D eigenvalue weighted by Gasteiger charge is 2.08. The van der Waals surface area contributed by atoms with Gasteiger partial charge in [-0.2, -0.15) is 0 Å². The molecule has 0 saturated heterocycles. The van der Waals surface area contributed by atoms with Gasteiger partial charge < -0.3 is 5.32 Å². The van der Waals surface area contributed by atoms with Crippen molar-refractivity contribution in [1.82, 2.24) is 10.2 Å². The summed E-state index contributed by atoms with van der Waals surface area (Å²) in [6.07, 6.45) is 0. The molecule has 0 atom stereocenters. The average Bonchev–Trinajstić information content (AvgIpc) is 2.44. The Hall–Kier alpha value is -2.21. The number of non-ortho nitro benzene ring substituents is 1. The van der Waals surface area contributed by atoms with Crippen molar-refractivity contribution in [3.63, 3.8) is 0 Å². The number of nitrogens with one attached hydrogen (secondary N) is 1. The number of nitrogens with zero attached hydrogens (tertiary/aromatic N) is 3. The lowest BCUT2D eigenvalue weighted by molar-refractivity contribution is -0.384. The van der Waals surface area contributed by atoms with Crippen LogP contribution in [0.1, 0.15) is 16.7 Å². The zero-order chi connectivity index (χ0) is 14.7. The summed E-state index contributed by atoms with van der Waals surface area (Å²) < 4.78 is 0. The summed E-state index contributed by atoms with van der Waals surface area (Å²) in [6, 6.07) is 6.36. The van der Waals surface area contributed by atoms with Crippen LogP contribution in [0.2, 0.25) is 5.15 Å². The van der Waals surface area contributed by atoms with E-state index in [9.17, 15) is 10.1 Å². The summed E-state index contributed by atoms with van der Waals surface area (Å²) in [5, 5.41) is 22.0. The Morgan fingerprint density at radius 1 is 1.20 bits per heavy atom. The average molecular weight is 293 g/mol. The van der Waals surface area contributed by atoms with Gasteiger partial charge in [-0.05, 0) is 30.5 Å². The maximum absolute atomic E-state index is 10.6. The van der Waals surface area contributed by atoms with Crippen molar-refractivity contribution in [1.29, 1.82) is 0 Å². The van der Waals surface area contributed by atoms with Crippen molar-refractivity contribution in [2.45, 2.75) is 20.4 Å². The first kappa shape index (κ1) is 14.2. The first-order valence-electron chi connectivity index (χ1n) is 5.95. The van der Waals surface area contributed by atoms with E-state index in [1.807, 2.05) is 13.8 Å². The molecule has 1 heterocycles. The van der Waals surface area contributed by atoms with Crippen LogP contribution in [0, 0.1) is 24.0 Å². The van der Waals surface area contributed by atoms with Crippen molar-refractivity contribution in [2.24, 2.45) is 0 Å². The maximum atomic E-state index is 10.6. The highest BCUT2D eigenvalue weighted by molar-refractivity contribution is 6.30. The van der Waals surface area contributed by atoms with E-state index >= 15 is 0 Å². The Kier molecular flexibility index (Phi) is 4.14. The summed E-state index contributed by atoms with van der Waals surface area (Å²) in [5.74, 6) is 0.658. The Balaban J connectivity index is 2.09. The Morgan fingerprint density at radius 2 is 1.85 bits per heavy atom. The lowest BCUT2D eigenvalue weighted by Crippen LogP contribution is -2.06. The summed E-state index contributed by atoms with van der Waals surface area (Å²) in [5.41, 5.74) is 2.82. The van der Waals surface area contributed by atoms with Crippen molar-refractivity contribution < 1.29 is 4.92 Å². The third-order valence-electron chi connectivity index (χ3n) is 3.07. The second-order valence-corrected chi connectivity index (χ2v) is 4.72. The van der Waals surface area contributed by atoms with Gasteiger partial charge in [-0.25, -0.2) is 0 Å². The molecule has 0 amide bonds. The minimum Gasteiger partial charge on any atom is -0.364 e. The predicted octanol–water partition coefficient (Wildman–Crippen LogP) is 3.27. The van der Waals surface area contributed by atoms with E-state index in [4.69, 9.17) is 11.6 Å². The predicted molar refractivity (Wildman–Crippen MR) is 76.9 cm³/mol. The minimum atomic E-state index is -0.421. The molecule has 0 aliphatic rings. The molecule has 1 aromatic heterocycles. The van der Waals surface area contributed by atoms with E-state index in [2.05, 4.69) is 15.5 Å². The zero-order valence-corrected chi connectivity index (χ0v) is 11.8. The fraction of sp³-hybridized carbons (Fsp3) is 0.231. The molecule has 1 aromatic carbocycles. The quantitative estimate of drug-likeness (QED) is 0.691. The van der Waals surface area contributed by atoms with E-state index in [1.165, 1.54) is 12.1 Å². The van der Waals surface area contributed by atoms with Crippen LogP contribution in [-0.2, 0) is 6.54 Å². The molecule has 0 unspecified atom stereocenters. The highest BCUT2D eigenvalue weighted by atomic mass is 35.5. The van der Waals surface area contributed by atoms with Crippen LogP contribution < -0.4 is 5.32 Å². The number of hydrogen-bond acceptors (Lipinski definition) is 5. The van der Waals surface area contributed by atoms with Crippen LogP contribution in [0.15, 0.2) is 24.3 Å². The molecule has 2 rings (SSSR count). The number of nitro benzene ring substituents is 1. The number of halogens is 1. The second kappa shape index (κ2) is 5.83. The molecule has 0 radical (unpaired) electrons. The number of rotatable bonds is 4. The van der Waals surface area contributed by atoms with Gasteiger partial charge in [0, 0.05) is 18.7 Å². The van der Waals surface area contributed by atoms with Crippen molar-refractivity contribution in [3.8, 4) is 0 Å². The van der Waals surface area contributed by atoms with Gasteiger partial charge >= 0.3 is 0 Å². The monoisotopic (exact) mass is 292 g/mol. The molecule has 0 bridgehead atoms. The Morgan fingerprint density at radius 3 is 2.45 bits per heavy atom. The summed E-state index contributed by atoms with van der Waals surface area (Å²) in [4.78, 5) is 10.1. The second-order valence-electron chi connectivity index (χ2n) is 4.37. The fourth-order valence-electron chi connectivity index (χ4n) is 1.67. The van der Waals surface area contributed by atoms with Gasteiger partial charge in [0.15, 0.2) is 11.0 Å². The van der Waals surface area contributed by atoms with Crippen LogP contribution in [-0.4, -0.2) is 15.1 Å². The van der Waals surface area contributed by atoms with E-state index in [1.54, 1.807) is 12.1 Å². The molecular weight excluding hydrogens is 280 g/mol. The topological polar surface area (TPSA) is 81.0 Å². The molecule has 0 spiro atoms. The molecule has 0 aliphatic heterocycles. The maximum Gasteiger partial charge on any atom is 0.269 e. The number of hydrogen-bond donors (Lipinski definition) is 1. The van der Waals surface area contributed by atoms with Gasteiger partial charge in [-0.3, -0.25) is 10.1 Å². The fourth-order valence-corrected chi connectivity index (χ4v) is 1.84. The van der Waals surface area contributed by atoms with Gasteiger partial charge in [-0.1, -0.05) is 23.7 Å². The molecule has 0 fully saturated rings. The van der Waals surface area contributed by atoms with Crippen LogP contribution in [0.25, 0.3) is 0 Å². The lowest BCUT2D eigenvalue weighted by Gasteiger charge is -2.10. The van der Waals surface area contributed by atoms with Crippen LogP contribution in [0.3, 0.4) is 0 Å². The normalized spacial score (nSPS) is 10.3. The van der Waals surface area contributed by atoms with Gasteiger partial charge in [0.05, 0.1) is 4.92 Å². The summed E-state index contributed by atoms with van der Waals surface area (Å²) >= 11 is 5.88. The number of nitro groups is 1. The van der Waals surface area contributed by atoms with E-state index in [0.29, 0.717) is 17.5 Å². The summed E-state index contributed by atoms with van der Waals surface area (Å²) in [6.45, 7) is 4.30. The number of benzene rings is 1. The van der Waals surface area contributed by atoms with Crippen LogP contribution >= 0.6 is 11.6 Å². The first-order chi connectivity index (χ1) is 9.49. The summed E-state index contributed by atoms with van der Waals surface area (Å²) in [7, 11) is 0. The Labute approximate surface area is 120 Å². The third-order valence-corrected chi connectivity index (χ3v) is 3.43. The van der Waals surface area contributed by atoms with E-state index in [-0.39, 0.29) is 5.69 Å². The molecule has 0 aliphatic carbocycles. The molecular formula is C13H13ClN4O2. The van der Waals surface area contributed by atoms with Gasteiger partial charge in [0.2, 0.25) is 0 Å². The molecule has 6 nitrogen and oxygen atoms in total. The van der Waals surface area contributed by atoms with Crippen LogP contribution in [0.5, 0.6) is 0 Å². The first-order valence-corrected chi connectivity index (χ1v) is 6.33. The molecule has 1 N–H and O–H groups in total. The molecule has 20 heavy (non-hydrogen) atoms. The number of aromatic nitrogens is 2. The molecule has 0 saturated carbocycles. The van der Waals surface area contributed by atoms with Crippen molar-refractivity contribution in [2.75, 3.05) is 5.32 Å². The van der Waals surface area contributed by atoms with E-state index in [0.717, 1.165) is 16.7 Å². The lowest BCUT2D eigenvalue weighted by atomic mass is 10.2. The highest BCUT2D eigenvalue weighted by Crippen LogP contribution is 2.21. The minimum absolute atomic E-state index is 0.0760. The standard InChI is InChI=1S/C13H13ClN4O2/c1-8-9(2)13(17-16-12(8)14)15-7-10-3-5-11(6-4-10)18(19)20/h3-6H,7H2,1-2H3,(H,15,17). The van der Waals surface area contributed by atoms with E-state index < -0.39 is 4.92 Å². The molecule has 104 valence electrons. The third kappa shape index (κ3) is 3.03. The number of anilines is 1. The Bertz CT molecular complexity index is 644. The smallest absolute Gasteiger partial charge is 0.269 e. The molecule has 7 heteroatoms. The van der Waals surface area contributed by atoms with Gasteiger partial charge in [-0.15, -0.1) is 10.2 Å². The zero-order valence-electron chi connectivity index (χ0n) is 11.1.